The van der Waals surface area contributed by atoms with Crippen LogP contribution in [0.4, 0.5) is 0 Å². The lowest BCUT2D eigenvalue weighted by Crippen LogP contribution is -2.55. The lowest BCUT2D eigenvalue weighted by Gasteiger charge is -2.43. The van der Waals surface area contributed by atoms with Crippen LogP contribution in [0.5, 0.6) is 0 Å². The number of rotatable bonds is 4. The molecule has 0 aromatic carbocycles. The molecule has 0 spiro atoms. The van der Waals surface area contributed by atoms with Crippen LogP contribution in [0.3, 0.4) is 0 Å². The van der Waals surface area contributed by atoms with E-state index in [0.717, 1.165) is 12.1 Å². The van der Waals surface area contributed by atoms with Crippen molar-refractivity contribution in [2.75, 3.05) is 26.7 Å². The zero-order valence-corrected chi connectivity index (χ0v) is 10.3. The Bertz CT molecular complexity index is 158. The summed E-state index contributed by atoms with van der Waals surface area (Å²) in [6, 6.07) is 1.53. The predicted molar refractivity (Wildman–Crippen MR) is 62.7 cm³/mol. The zero-order chi connectivity index (χ0) is 10.6. The van der Waals surface area contributed by atoms with E-state index in [4.69, 9.17) is 0 Å². The minimum atomic E-state index is 0.731. The Morgan fingerprint density at radius 1 is 1.21 bits per heavy atom. The molecule has 1 aliphatic rings. The minimum absolute atomic E-state index is 0.731. The Morgan fingerprint density at radius 2 is 1.93 bits per heavy atom. The largest absolute Gasteiger partial charge is 0.301 e. The normalized spacial score (nSPS) is 30.9. The van der Waals surface area contributed by atoms with E-state index in [1.807, 2.05) is 0 Å². The Morgan fingerprint density at radius 3 is 2.50 bits per heavy atom. The standard InChI is InChI=1S/C12H26N2/c1-5-7-8-14-9-11(3)13(4)10-12(14)6-2/h11-12H,5-10H2,1-4H3. The van der Waals surface area contributed by atoms with Crippen LogP contribution in [0.1, 0.15) is 40.0 Å². The third-order valence-electron chi connectivity index (χ3n) is 3.54. The maximum absolute atomic E-state index is 2.69. The maximum Gasteiger partial charge on any atom is 0.0221 e. The summed E-state index contributed by atoms with van der Waals surface area (Å²) in [5.41, 5.74) is 0. The third-order valence-corrected chi connectivity index (χ3v) is 3.54. The van der Waals surface area contributed by atoms with Gasteiger partial charge in [0.2, 0.25) is 0 Å². The Kier molecular flexibility index (Phi) is 4.90. The molecular weight excluding hydrogens is 172 g/mol. The molecule has 0 aliphatic carbocycles. The highest BCUT2D eigenvalue weighted by Crippen LogP contribution is 2.16. The number of nitrogens with zero attached hydrogens (tertiary/aromatic N) is 2. The van der Waals surface area contributed by atoms with Gasteiger partial charge in [-0.25, -0.2) is 0 Å². The van der Waals surface area contributed by atoms with Gasteiger partial charge < -0.3 is 4.90 Å². The molecule has 1 rings (SSSR count). The van der Waals surface area contributed by atoms with Gasteiger partial charge in [-0.15, -0.1) is 0 Å². The van der Waals surface area contributed by atoms with Crippen molar-refractivity contribution in [3.05, 3.63) is 0 Å². The first-order valence-corrected chi connectivity index (χ1v) is 6.13. The molecule has 0 N–H and O–H groups in total. The van der Waals surface area contributed by atoms with Crippen molar-refractivity contribution >= 4 is 0 Å². The van der Waals surface area contributed by atoms with E-state index in [2.05, 4.69) is 37.6 Å². The first kappa shape index (κ1) is 12.0. The van der Waals surface area contributed by atoms with Gasteiger partial charge >= 0.3 is 0 Å². The van der Waals surface area contributed by atoms with Crippen LogP contribution in [-0.4, -0.2) is 48.6 Å². The van der Waals surface area contributed by atoms with Crippen molar-refractivity contribution in [2.24, 2.45) is 0 Å². The molecule has 1 saturated heterocycles. The van der Waals surface area contributed by atoms with Crippen molar-refractivity contribution in [2.45, 2.75) is 52.1 Å². The molecule has 0 bridgehead atoms. The molecule has 84 valence electrons. The third kappa shape index (κ3) is 2.96. The van der Waals surface area contributed by atoms with Gasteiger partial charge in [0.25, 0.3) is 0 Å². The molecule has 0 radical (unpaired) electrons. The number of hydrogen-bond donors (Lipinski definition) is 0. The first-order valence-electron chi connectivity index (χ1n) is 6.13. The fourth-order valence-corrected chi connectivity index (χ4v) is 2.28. The van der Waals surface area contributed by atoms with Crippen molar-refractivity contribution in [3.63, 3.8) is 0 Å². The molecule has 2 unspecified atom stereocenters. The van der Waals surface area contributed by atoms with Crippen LogP contribution in [0.25, 0.3) is 0 Å². The average Bonchev–Trinajstić information content (AvgIpc) is 2.19. The lowest BCUT2D eigenvalue weighted by atomic mass is 10.1. The van der Waals surface area contributed by atoms with Crippen LogP contribution in [0.15, 0.2) is 0 Å². The minimum Gasteiger partial charge on any atom is -0.301 e. The van der Waals surface area contributed by atoms with E-state index in [0.29, 0.717) is 0 Å². The molecule has 1 aliphatic heterocycles. The van der Waals surface area contributed by atoms with Gasteiger partial charge in [-0.3, -0.25) is 4.90 Å². The summed E-state index contributed by atoms with van der Waals surface area (Å²) < 4.78 is 0. The molecular formula is C12H26N2. The van der Waals surface area contributed by atoms with E-state index in [-0.39, 0.29) is 0 Å². The zero-order valence-electron chi connectivity index (χ0n) is 10.3. The summed E-state index contributed by atoms with van der Waals surface area (Å²) >= 11 is 0. The summed E-state index contributed by atoms with van der Waals surface area (Å²) in [5, 5.41) is 0. The van der Waals surface area contributed by atoms with Gasteiger partial charge in [0, 0.05) is 25.2 Å². The fraction of sp³-hybridized carbons (Fsp3) is 1.00. The quantitative estimate of drug-likeness (QED) is 0.683. The van der Waals surface area contributed by atoms with Crippen molar-refractivity contribution in [3.8, 4) is 0 Å². The summed E-state index contributed by atoms with van der Waals surface area (Å²) in [6.07, 6.45) is 3.96. The highest BCUT2D eigenvalue weighted by molar-refractivity contribution is 4.84. The Hall–Kier alpha value is -0.0800. The van der Waals surface area contributed by atoms with E-state index in [1.54, 1.807) is 0 Å². The van der Waals surface area contributed by atoms with Crippen LogP contribution < -0.4 is 0 Å². The molecule has 0 aromatic heterocycles. The topological polar surface area (TPSA) is 6.48 Å². The highest BCUT2D eigenvalue weighted by Gasteiger charge is 2.27. The summed E-state index contributed by atoms with van der Waals surface area (Å²) in [6.45, 7) is 10.7. The predicted octanol–water partition coefficient (Wildman–Crippen LogP) is 2.20. The first-order chi connectivity index (χ1) is 6.69. The molecule has 14 heavy (non-hydrogen) atoms. The van der Waals surface area contributed by atoms with E-state index in [9.17, 15) is 0 Å². The van der Waals surface area contributed by atoms with Crippen LogP contribution >= 0.6 is 0 Å². The van der Waals surface area contributed by atoms with E-state index in [1.165, 1.54) is 38.9 Å². The van der Waals surface area contributed by atoms with Crippen molar-refractivity contribution < 1.29 is 0 Å². The number of unbranched alkanes of at least 4 members (excludes halogenated alkanes) is 1. The van der Waals surface area contributed by atoms with Gasteiger partial charge in [0.15, 0.2) is 0 Å². The molecule has 2 heteroatoms. The molecule has 2 atom stereocenters. The van der Waals surface area contributed by atoms with Gasteiger partial charge in [0.05, 0.1) is 0 Å². The number of likely N-dealkylation sites (N-methyl/N-ethyl adjacent to an activating group) is 1. The van der Waals surface area contributed by atoms with Crippen molar-refractivity contribution in [1.29, 1.82) is 0 Å². The van der Waals surface area contributed by atoms with Gasteiger partial charge in [-0.2, -0.15) is 0 Å². The van der Waals surface area contributed by atoms with Gasteiger partial charge in [-0.1, -0.05) is 20.3 Å². The van der Waals surface area contributed by atoms with Crippen LogP contribution in [0.2, 0.25) is 0 Å². The Balaban J connectivity index is 2.45. The molecule has 2 nitrogen and oxygen atoms in total. The summed E-state index contributed by atoms with van der Waals surface area (Å²) in [5.74, 6) is 0. The lowest BCUT2D eigenvalue weighted by molar-refractivity contribution is 0.0489. The SMILES string of the molecule is CCCCN1CC(C)N(C)CC1CC. The maximum atomic E-state index is 2.69. The fourth-order valence-electron chi connectivity index (χ4n) is 2.28. The molecule has 0 saturated carbocycles. The van der Waals surface area contributed by atoms with Gasteiger partial charge in [0.1, 0.15) is 0 Å². The average molecular weight is 198 g/mol. The summed E-state index contributed by atoms with van der Waals surface area (Å²) in [4.78, 5) is 5.19. The second kappa shape index (κ2) is 5.72. The second-order valence-corrected chi connectivity index (χ2v) is 4.70. The van der Waals surface area contributed by atoms with Crippen molar-refractivity contribution in [1.82, 2.24) is 9.80 Å². The summed E-state index contributed by atoms with van der Waals surface area (Å²) in [7, 11) is 2.25. The van der Waals surface area contributed by atoms with Gasteiger partial charge in [-0.05, 0) is 33.4 Å². The molecule has 1 heterocycles. The smallest absolute Gasteiger partial charge is 0.0221 e. The van der Waals surface area contributed by atoms with Crippen LogP contribution in [-0.2, 0) is 0 Å². The van der Waals surface area contributed by atoms with Crippen LogP contribution in [0, 0.1) is 0 Å². The highest BCUT2D eigenvalue weighted by atomic mass is 15.3. The Labute approximate surface area is 89.3 Å². The van der Waals surface area contributed by atoms with E-state index < -0.39 is 0 Å². The number of hydrogen-bond acceptors (Lipinski definition) is 2. The molecule has 1 fully saturated rings. The molecule has 0 amide bonds. The van der Waals surface area contributed by atoms with E-state index >= 15 is 0 Å². The monoisotopic (exact) mass is 198 g/mol. The second-order valence-electron chi connectivity index (χ2n) is 4.70. The number of piperazine rings is 1. The molecule has 0 aromatic rings.